The Kier molecular flexibility index (Phi) is 2.79. The van der Waals surface area contributed by atoms with E-state index in [1.807, 2.05) is 24.3 Å². The predicted molar refractivity (Wildman–Crippen MR) is 73.8 cm³/mol. The number of nitro groups is 1. The van der Waals surface area contributed by atoms with Crippen LogP contribution in [-0.4, -0.2) is 9.91 Å². The van der Waals surface area contributed by atoms with Crippen molar-refractivity contribution in [2.24, 2.45) is 0 Å². The van der Waals surface area contributed by atoms with Gasteiger partial charge in [-0.15, -0.1) is 0 Å². The van der Waals surface area contributed by atoms with E-state index in [0.29, 0.717) is 17.0 Å². The topological polar surface area (TPSA) is 69.2 Å². The fourth-order valence-corrected chi connectivity index (χ4v) is 2.17. The first kappa shape index (κ1) is 11.9. The lowest BCUT2D eigenvalue weighted by atomic mass is 10.2. The standard InChI is InChI=1S/C13H7BrN2O3/c14-9-3-1-2-8(6-9)13-15-11-7-10(16(17)18)4-5-12(11)19-13/h1-7H. The molecule has 0 amide bonds. The summed E-state index contributed by atoms with van der Waals surface area (Å²) in [5.41, 5.74) is 1.82. The Morgan fingerprint density at radius 3 is 2.79 bits per heavy atom. The molecule has 0 saturated heterocycles. The van der Waals surface area contributed by atoms with Gasteiger partial charge in [-0.1, -0.05) is 22.0 Å². The van der Waals surface area contributed by atoms with Crippen molar-refractivity contribution < 1.29 is 9.34 Å². The minimum absolute atomic E-state index is 0.00147. The fourth-order valence-electron chi connectivity index (χ4n) is 1.77. The number of benzene rings is 2. The second-order valence-corrected chi connectivity index (χ2v) is 4.85. The molecule has 6 heteroatoms. The highest BCUT2D eigenvalue weighted by Crippen LogP contribution is 2.28. The molecule has 0 saturated carbocycles. The Labute approximate surface area is 116 Å². The molecule has 5 nitrogen and oxygen atoms in total. The zero-order valence-corrected chi connectivity index (χ0v) is 11.1. The van der Waals surface area contributed by atoms with Crippen LogP contribution in [0.25, 0.3) is 22.6 Å². The molecular formula is C13H7BrN2O3. The average molecular weight is 319 g/mol. The third-order valence-corrected chi connectivity index (χ3v) is 3.15. The molecule has 3 rings (SSSR count). The minimum atomic E-state index is -0.451. The lowest BCUT2D eigenvalue weighted by Gasteiger charge is -1.94. The summed E-state index contributed by atoms with van der Waals surface area (Å²) in [5.74, 6) is 0.441. The van der Waals surface area contributed by atoms with Crippen LogP contribution in [0.1, 0.15) is 0 Å². The molecule has 0 unspecified atom stereocenters. The van der Waals surface area contributed by atoms with Crippen LogP contribution in [0, 0.1) is 10.1 Å². The third-order valence-electron chi connectivity index (χ3n) is 2.65. The Hall–Kier alpha value is -2.21. The van der Waals surface area contributed by atoms with E-state index in [-0.39, 0.29) is 5.69 Å². The summed E-state index contributed by atoms with van der Waals surface area (Å²) in [6, 6.07) is 11.9. The van der Waals surface area contributed by atoms with Gasteiger partial charge in [-0.25, -0.2) is 4.98 Å². The molecule has 3 aromatic rings. The van der Waals surface area contributed by atoms with E-state index in [9.17, 15) is 10.1 Å². The summed E-state index contributed by atoms with van der Waals surface area (Å²) in [6.07, 6.45) is 0. The normalized spacial score (nSPS) is 10.8. The highest BCUT2D eigenvalue weighted by atomic mass is 79.9. The van der Waals surface area contributed by atoms with Gasteiger partial charge in [-0.3, -0.25) is 10.1 Å². The lowest BCUT2D eigenvalue weighted by Crippen LogP contribution is -1.86. The predicted octanol–water partition coefficient (Wildman–Crippen LogP) is 4.17. The van der Waals surface area contributed by atoms with Crippen LogP contribution in [0.3, 0.4) is 0 Å². The van der Waals surface area contributed by atoms with Crippen molar-refractivity contribution in [3.63, 3.8) is 0 Å². The van der Waals surface area contributed by atoms with Crippen LogP contribution in [0.5, 0.6) is 0 Å². The Balaban J connectivity index is 2.14. The van der Waals surface area contributed by atoms with Gasteiger partial charge in [0, 0.05) is 22.2 Å². The lowest BCUT2D eigenvalue weighted by molar-refractivity contribution is -0.384. The number of non-ortho nitro benzene ring substituents is 1. The Bertz CT molecular complexity index is 782. The number of fused-ring (bicyclic) bond motifs is 1. The van der Waals surface area contributed by atoms with Crippen LogP contribution < -0.4 is 0 Å². The van der Waals surface area contributed by atoms with Crippen molar-refractivity contribution in [2.45, 2.75) is 0 Å². The SMILES string of the molecule is O=[N+]([O-])c1ccc2oc(-c3cccc(Br)c3)nc2c1. The quantitative estimate of drug-likeness (QED) is 0.525. The fraction of sp³-hybridized carbons (Fsp3) is 0. The van der Waals surface area contributed by atoms with E-state index in [1.54, 1.807) is 6.07 Å². The van der Waals surface area contributed by atoms with Crippen molar-refractivity contribution in [3.05, 3.63) is 57.1 Å². The molecule has 0 aliphatic rings. The van der Waals surface area contributed by atoms with Crippen LogP contribution in [0.15, 0.2) is 51.4 Å². The number of halogens is 1. The maximum absolute atomic E-state index is 10.7. The Morgan fingerprint density at radius 1 is 1.21 bits per heavy atom. The molecule has 0 aliphatic carbocycles. The number of hydrogen-bond donors (Lipinski definition) is 0. The smallest absolute Gasteiger partial charge is 0.271 e. The van der Waals surface area contributed by atoms with Crippen molar-refractivity contribution in [3.8, 4) is 11.5 Å². The second kappa shape index (κ2) is 4.47. The number of aromatic nitrogens is 1. The van der Waals surface area contributed by atoms with Gasteiger partial charge in [0.2, 0.25) is 5.89 Å². The van der Waals surface area contributed by atoms with Crippen molar-refractivity contribution in [2.75, 3.05) is 0 Å². The molecule has 0 aliphatic heterocycles. The highest BCUT2D eigenvalue weighted by Gasteiger charge is 2.12. The zero-order chi connectivity index (χ0) is 13.4. The first-order valence-electron chi connectivity index (χ1n) is 5.44. The summed E-state index contributed by atoms with van der Waals surface area (Å²) >= 11 is 3.38. The first-order chi connectivity index (χ1) is 9.13. The molecular weight excluding hydrogens is 312 g/mol. The van der Waals surface area contributed by atoms with Crippen LogP contribution >= 0.6 is 15.9 Å². The van der Waals surface area contributed by atoms with Crippen LogP contribution in [0.2, 0.25) is 0 Å². The van der Waals surface area contributed by atoms with E-state index in [1.165, 1.54) is 12.1 Å². The first-order valence-corrected chi connectivity index (χ1v) is 6.24. The largest absolute Gasteiger partial charge is 0.436 e. The van der Waals surface area contributed by atoms with Gasteiger partial charge in [-0.05, 0) is 24.3 Å². The van der Waals surface area contributed by atoms with Gasteiger partial charge in [-0.2, -0.15) is 0 Å². The summed E-state index contributed by atoms with van der Waals surface area (Å²) in [5, 5.41) is 10.7. The monoisotopic (exact) mass is 318 g/mol. The Morgan fingerprint density at radius 2 is 2.05 bits per heavy atom. The molecule has 0 radical (unpaired) electrons. The maximum atomic E-state index is 10.7. The molecule has 0 atom stereocenters. The molecule has 0 N–H and O–H groups in total. The number of hydrogen-bond acceptors (Lipinski definition) is 4. The van der Waals surface area contributed by atoms with E-state index >= 15 is 0 Å². The molecule has 1 aromatic heterocycles. The molecule has 0 fully saturated rings. The molecule has 94 valence electrons. The number of nitro benzene ring substituents is 1. The summed E-state index contributed by atoms with van der Waals surface area (Å²) in [4.78, 5) is 14.5. The molecule has 0 bridgehead atoms. The highest BCUT2D eigenvalue weighted by molar-refractivity contribution is 9.10. The molecule has 0 spiro atoms. The second-order valence-electron chi connectivity index (χ2n) is 3.94. The molecule has 1 heterocycles. The van der Waals surface area contributed by atoms with Crippen molar-refractivity contribution >= 4 is 32.7 Å². The molecule has 2 aromatic carbocycles. The van der Waals surface area contributed by atoms with Crippen molar-refractivity contribution in [1.82, 2.24) is 4.98 Å². The third kappa shape index (κ3) is 2.22. The summed E-state index contributed by atoms with van der Waals surface area (Å²) in [6.45, 7) is 0. The average Bonchev–Trinajstić information content (AvgIpc) is 2.81. The van der Waals surface area contributed by atoms with E-state index < -0.39 is 4.92 Å². The van der Waals surface area contributed by atoms with Gasteiger partial charge in [0.25, 0.3) is 5.69 Å². The van der Waals surface area contributed by atoms with Crippen LogP contribution in [-0.2, 0) is 0 Å². The summed E-state index contributed by atoms with van der Waals surface area (Å²) < 4.78 is 6.50. The number of nitrogens with zero attached hydrogens (tertiary/aromatic N) is 2. The summed E-state index contributed by atoms with van der Waals surface area (Å²) in [7, 11) is 0. The maximum Gasteiger partial charge on any atom is 0.271 e. The van der Waals surface area contributed by atoms with Gasteiger partial charge >= 0.3 is 0 Å². The van der Waals surface area contributed by atoms with Gasteiger partial charge in [0.15, 0.2) is 5.58 Å². The van der Waals surface area contributed by atoms with Gasteiger partial charge in [0.1, 0.15) is 5.52 Å². The van der Waals surface area contributed by atoms with Crippen LogP contribution in [0.4, 0.5) is 5.69 Å². The van der Waals surface area contributed by atoms with Gasteiger partial charge < -0.3 is 4.42 Å². The number of rotatable bonds is 2. The molecule has 19 heavy (non-hydrogen) atoms. The van der Waals surface area contributed by atoms with E-state index in [2.05, 4.69) is 20.9 Å². The van der Waals surface area contributed by atoms with Crippen molar-refractivity contribution in [1.29, 1.82) is 0 Å². The number of oxazole rings is 1. The van der Waals surface area contributed by atoms with Gasteiger partial charge in [0.05, 0.1) is 4.92 Å². The van der Waals surface area contributed by atoms with E-state index in [4.69, 9.17) is 4.42 Å². The minimum Gasteiger partial charge on any atom is -0.436 e. The van der Waals surface area contributed by atoms with E-state index in [0.717, 1.165) is 10.0 Å². The zero-order valence-electron chi connectivity index (χ0n) is 9.54.